The van der Waals surface area contributed by atoms with E-state index in [1.807, 2.05) is 0 Å². The molecule has 88 valence electrons. The standard InChI is InChI=1S/C11H14INO3/c1-11(2,16)6-13-10(15)8-5-7(12)3-4-9(8)14/h3-5,14,16H,6H2,1-2H3,(H,13,15). The molecule has 0 atom stereocenters. The van der Waals surface area contributed by atoms with Crippen molar-refractivity contribution in [1.82, 2.24) is 5.32 Å². The van der Waals surface area contributed by atoms with Crippen molar-refractivity contribution in [3.05, 3.63) is 27.3 Å². The predicted octanol–water partition coefficient (Wildman–Crippen LogP) is 1.50. The zero-order chi connectivity index (χ0) is 12.3. The first kappa shape index (κ1) is 13.2. The number of carbonyl (C=O) groups excluding carboxylic acids is 1. The molecule has 16 heavy (non-hydrogen) atoms. The summed E-state index contributed by atoms with van der Waals surface area (Å²) in [5, 5.41) is 21.5. The van der Waals surface area contributed by atoms with E-state index >= 15 is 0 Å². The number of nitrogens with one attached hydrogen (secondary N) is 1. The Balaban J connectivity index is 2.77. The molecule has 0 aliphatic carbocycles. The lowest BCUT2D eigenvalue weighted by molar-refractivity contribution is 0.0693. The van der Waals surface area contributed by atoms with Crippen LogP contribution in [0.25, 0.3) is 0 Å². The summed E-state index contributed by atoms with van der Waals surface area (Å²) in [6, 6.07) is 4.78. The van der Waals surface area contributed by atoms with Crippen LogP contribution in [0.5, 0.6) is 5.75 Å². The molecule has 0 fully saturated rings. The summed E-state index contributed by atoms with van der Waals surface area (Å²) in [5.41, 5.74) is -0.746. The van der Waals surface area contributed by atoms with Gasteiger partial charge in [-0.25, -0.2) is 0 Å². The molecular formula is C11H14INO3. The van der Waals surface area contributed by atoms with Crippen LogP contribution in [-0.2, 0) is 0 Å². The minimum absolute atomic E-state index is 0.0614. The molecular weight excluding hydrogens is 321 g/mol. The van der Waals surface area contributed by atoms with E-state index < -0.39 is 11.5 Å². The number of phenolic OH excluding ortho intramolecular Hbond substituents is 1. The number of aliphatic hydroxyl groups is 1. The van der Waals surface area contributed by atoms with Crippen LogP contribution in [0.4, 0.5) is 0 Å². The first-order valence-corrected chi connectivity index (χ1v) is 5.86. The van der Waals surface area contributed by atoms with Gasteiger partial charge in [0.1, 0.15) is 5.75 Å². The van der Waals surface area contributed by atoms with E-state index in [4.69, 9.17) is 0 Å². The topological polar surface area (TPSA) is 69.6 Å². The number of rotatable bonds is 3. The van der Waals surface area contributed by atoms with Crippen molar-refractivity contribution in [2.24, 2.45) is 0 Å². The SMILES string of the molecule is CC(C)(O)CNC(=O)c1cc(I)ccc1O. The maximum Gasteiger partial charge on any atom is 0.255 e. The van der Waals surface area contributed by atoms with Gasteiger partial charge in [-0.1, -0.05) is 0 Å². The molecule has 1 amide bonds. The van der Waals surface area contributed by atoms with Gasteiger partial charge in [0.2, 0.25) is 0 Å². The first-order chi connectivity index (χ1) is 7.29. The van der Waals surface area contributed by atoms with Crippen molar-refractivity contribution in [2.75, 3.05) is 6.54 Å². The van der Waals surface area contributed by atoms with Crippen LogP contribution >= 0.6 is 22.6 Å². The van der Waals surface area contributed by atoms with Crippen molar-refractivity contribution in [2.45, 2.75) is 19.4 Å². The van der Waals surface area contributed by atoms with Crippen LogP contribution in [0.3, 0.4) is 0 Å². The van der Waals surface area contributed by atoms with Gasteiger partial charge in [0.15, 0.2) is 0 Å². The second-order valence-electron chi connectivity index (χ2n) is 4.16. The van der Waals surface area contributed by atoms with E-state index in [0.717, 1.165) is 3.57 Å². The Kier molecular flexibility index (Phi) is 4.15. The Morgan fingerprint density at radius 2 is 2.12 bits per heavy atom. The highest BCUT2D eigenvalue weighted by Gasteiger charge is 2.16. The van der Waals surface area contributed by atoms with Crippen molar-refractivity contribution in [1.29, 1.82) is 0 Å². The Hall–Kier alpha value is -0.820. The number of amides is 1. The fourth-order valence-electron chi connectivity index (χ4n) is 1.08. The molecule has 0 heterocycles. The van der Waals surface area contributed by atoms with E-state index in [-0.39, 0.29) is 17.9 Å². The fourth-order valence-corrected chi connectivity index (χ4v) is 1.57. The van der Waals surface area contributed by atoms with Gasteiger partial charge < -0.3 is 15.5 Å². The summed E-state index contributed by atoms with van der Waals surface area (Å²) in [7, 11) is 0. The minimum atomic E-state index is -0.965. The molecule has 0 aromatic heterocycles. The van der Waals surface area contributed by atoms with Gasteiger partial charge in [0.25, 0.3) is 5.91 Å². The molecule has 0 aliphatic heterocycles. The highest BCUT2D eigenvalue weighted by atomic mass is 127. The normalized spacial score (nSPS) is 11.2. The lowest BCUT2D eigenvalue weighted by Crippen LogP contribution is -2.38. The van der Waals surface area contributed by atoms with E-state index in [0.29, 0.717) is 0 Å². The number of aromatic hydroxyl groups is 1. The van der Waals surface area contributed by atoms with Gasteiger partial charge in [-0.05, 0) is 54.6 Å². The Morgan fingerprint density at radius 1 is 1.50 bits per heavy atom. The maximum atomic E-state index is 11.7. The highest BCUT2D eigenvalue weighted by Crippen LogP contribution is 2.19. The third-order valence-electron chi connectivity index (χ3n) is 1.88. The van der Waals surface area contributed by atoms with Gasteiger partial charge in [-0.2, -0.15) is 0 Å². The monoisotopic (exact) mass is 335 g/mol. The van der Waals surface area contributed by atoms with Crippen molar-refractivity contribution in [3.8, 4) is 5.75 Å². The molecule has 1 rings (SSSR count). The molecule has 0 spiro atoms. The molecule has 0 radical (unpaired) electrons. The summed E-state index contributed by atoms with van der Waals surface area (Å²) >= 11 is 2.06. The third kappa shape index (κ3) is 3.97. The third-order valence-corrected chi connectivity index (χ3v) is 2.56. The summed E-state index contributed by atoms with van der Waals surface area (Å²) in [4.78, 5) is 11.7. The van der Waals surface area contributed by atoms with E-state index in [1.165, 1.54) is 6.07 Å². The average Bonchev–Trinajstić information content (AvgIpc) is 2.17. The number of halogens is 1. The van der Waals surface area contributed by atoms with Crippen molar-refractivity contribution in [3.63, 3.8) is 0 Å². The molecule has 0 saturated carbocycles. The zero-order valence-electron chi connectivity index (χ0n) is 9.12. The van der Waals surface area contributed by atoms with Crippen molar-refractivity contribution >= 4 is 28.5 Å². The first-order valence-electron chi connectivity index (χ1n) is 4.79. The fraction of sp³-hybridized carbons (Fsp3) is 0.364. The van der Waals surface area contributed by atoms with Gasteiger partial charge in [-0.3, -0.25) is 4.79 Å². The number of carbonyl (C=O) groups is 1. The Morgan fingerprint density at radius 3 is 2.69 bits per heavy atom. The summed E-state index contributed by atoms with van der Waals surface area (Å²) < 4.78 is 0.865. The largest absolute Gasteiger partial charge is 0.507 e. The van der Waals surface area contributed by atoms with Crippen LogP contribution in [0, 0.1) is 3.57 Å². The van der Waals surface area contributed by atoms with E-state index in [9.17, 15) is 15.0 Å². The summed E-state index contributed by atoms with van der Waals surface area (Å²) in [6.45, 7) is 3.33. The van der Waals surface area contributed by atoms with Gasteiger partial charge >= 0.3 is 0 Å². The van der Waals surface area contributed by atoms with E-state index in [2.05, 4.69) is 27.9 Å². The Bertz CT molecular complexity index is 399. The minimum Gasteiger partial charge on any atom is -0.507 e. The molecule has 3 N–H and O–H groups in total. The second kappa shape index (κ2) is 5.01. The molecule has 0 aliphatic rings. The molecule has 1 aromatic carbocycles. The number of hydrogen-bond donors (Lipinski definition) is 3. The Labute approximate surface area is 108 Å². The number of hydrogen-bond acceptors (Lipinski definition) is 3. The lowest BCUT2D eigenvalue weighted by Gasteiger charge is -2.17. The lowest BCUT2D eigenvalue weighted by atomic mass is 10.1. The molecule has 0 unspecified atom stereocenters. The summed E-state index contributed by atoms with van der Waals surface area (Å²) in [5.74, 6) is -0.452. The summed E-state index contributed by atoms with van der Waals surface area (Å²) in [6.07, 6.45) is 0. The molecule has 0 saturated heterocycles. The molecule has 5 heteroatoms. The van der Waals surface area contributed by atoms with Gasteiger partial charge in [0.05, 0.1) is 11.2 Å². The van der Waals surface area contributed by atoms with Crippen LogP contribution in [0.2, 0.25) is 0 Å². The van der Waals surface area contributed by atoms with Gasteiger partial charge in [0, 0.05) is 10.1 Å². The van der Waals surface area contributed by atoms with Crippen LogP contribution < -0.4 is 5.32 Å². The highest BCUT2D eigenvalue weighted by molar-refractivity contribution is 14.1. The smallest absolute Gasteiger partial charge is 0.255 e. The van der Waals surface area contributed by atoms with Crippen LogP contribution in [0.15, 0.2) is 18.2 Å². The van der Waals surface area contributed by atoms with Crippen LogP contribution in [0.1, 0.15) is 24.2 Å². The molecule has 0 bridgehead atoms. The van der Waals surface area contributed by atoms with Crippen LogP contribution in [-0.4, -0.2) is 28.3 Å². The number of benzene rings is 1. The maximum absolute atomic E-state index is 11.7. The molecule has 4 nitrogen and oxygen atoms in total. The zero-order valence-corrected chi connectivity index (χ0v) is 11.3. The second-order valence-corrected chi connectivity index (χ2v) is 5.40. The molecule has 1 aromatic rings. The number of phenols is 1. The average molecular weight is 335 g/mol. The van der Waals surface area contributed by atoms with Crippen molar-refractivity contribution < 1.29 is 15.0 Å². The van der Waals surface area contributed by atoms with E-state index in [1.54, 1.807) is 26.0 Å². The quantitative estimate of drug-likeness (QED) is 0.733. The van der Waals surface area contributed by atoms with Gasteiger partial charge in [-0.15, -0.1) is 0 Å². The predicted molar refractivity (Wildman–Crippen MR) is 69.5 cm³/mol.